The molecule has 0 spiro atoms. The lowest BCUT2D eigenvalue weighted by Gasteiger charge is -2.03. The summed E-state index contributed by atoms with van der Waals surface area (Å²) in [5, 5.41) is 47.1. The average Bonchev–Trinajstić information content (AvgIpc) is 3.06. The summed E-state index contributed by atoms with van der Waals surface area (Å²) in [6, 6.07) is 29.8. The van der Waals surface area contributed by atoms with E-state index in [-0.39, 0.29) is 20.7 Å². The standard InChI is InChI=1S/C12H11N3O2S.C9H11N3O2S.C8H9N3O2S/c13-11(18-12(14)17-16)15-10-7-3-5-8-4-1-2-6-9(8)10;1-6-2-4-7(5-3-6)12-8(10)15-9(11)14-13;9-7(10)14-8(13-12)11-6-4-2-1-3-5-6/h1-7,14,16H,(H2,13,15);2-5,11,13H,1H3,(H2,10,12);1-5,12H,(H3,9,10). The molecule has 4 rings (SSSR count). The minimum Gasteiger partial charge on any atom is -0.378 e. The fourth-order valence-corrected chi connectivity index (χ4v) is 4.33. The Morgan fingerprint density at radius 3 is 1.70 bits per heavy atom. The molecule has 0 unspecified atom stereocenters. The second-order valence-electron chi connectivity index (χ2n) is 8.47. The number of hydrogen-bond acceptors (Lipinski definition) is 15. The van der Waals surface area contributed by atoms with Crippen LogP contribution in [0.15, 0.2) is 112 Å². The van der Waals surface area contributed by atoms with Crippen molar-refractivity contribution in [3.63, 3.8) is 0 Å². The number of aryl methyl sites for hydroxylation is 1. The number of hydrogen-bond donors (Lipinski definition) is 9. The van der Waals surface area contributed by atoms with Crippen LogP contribution in [-0.2, 0) is 14.7 Å². The third-order valence-electron chi connectivity index (χ3n) is 5.08. The molecule has 0 bridgehead atoms. The third kappa shape index (κ3) is 15.2. The third-order valence-corrected chi connectivity index (χ3v) is 6.76. The molecule has 0 aromatic heterocycles. The molecule has 0 saturated heterocycles. The normalized spacial score (nSPS) is 11.3. The van der Waals surface area contributed by atoms with E-state index in [2.05, 4.69) is 29.6 Å². The van der Waals surface area contributed by atoms with E-state index in [4.69, 9.17) is 49.2 Å². The molecule has 15 nitrogen and oxygen atoms in total. The molecule has 0 radical (unpaired) electrons. The highest BCUT2D eigenvalue weighted by Gasteiger charge is 2.06. The van der Waals surface area contributed by atoms with Crippen molar-refractivity contribution >= 4 is 94.3 Å². The van der Waals surface area contributed by atoms with Gasteiger partial charge in [0, 0.05) is 40.7 Å². The highest BCUT2D eigenvalue weighted by molar-refractivity contribution is 8.26. The van der Waals surface area contributed by atoms with Gasteiger partial charge >= 0.3 is 0 Å². The zero-order valence-corrected chi connectivity index (χ0v) is 27.1. The van der Waals surface area contributed by atoms with Gasteiger partial charge in [-0.1, -0.05) is 72.3 Å². The molecule has 0 aliphatic carbocycles. The molecule has 18 heteroatoms. The first-order valence-corrected chi connectivity index (χ1v) is 15.3. The molecule has 0 saturated carbocycles. The molecule has 4 aromatic rings. The van der Waals surface area contributed by atoms with Crippen LogP contribution in [0, 0.1) is 23.2 Å². The molecule has 47 heavy (non-hydrogen) atoms. The van der Waals surface area contributed by atoms with Crippen molar-refractivity contribution in [3.8, 4) is 0 Å². The van der Waals surface area contributed by atoms with Crippen LogP contribution in [0.4, 0.5) is 17.1 Å². The van der Waals surface area contributed by atoms with E-state index in [0.29, 0.717) is 17.1 Å². The van der Waals surface area contributed by atoms with E-state index in [9.17, 15) is 0 Å². The number of rotatable bonds is 3. The summed E-state index contributed by atoms with van der Waals surface area (Å²) in [6.45, 7) is 1.97. The second kappa shape index (κ2) is 20.8. The topological polar surface area (TPSA) is 275 Å². The molecule has 0 amide bonds. The molecule has 246 valence electrons. The molecule has 0 aliphatic heterocycles. The summed E-state index contributed by atoms with van der Waals surface area (Å²) in [6.07, 6.45) is 0. The van der Waals surface area contributed by atoms with Gasteiger partial charge in [0.25, 0.3) is 15.7 Å². The fraction of sp³-hybridized carbons (Fsp3) is 0.0345. The van der Waals surface area contributed by atoms with Crippen LogP contribution in [0.1, 0.15) is 5.56 Å². The number of amidine groups is 3. The van der Waals surface area contributed by atoms with Crippen molar-refractivity contribution in [2.24, 2.45) is 32.2 Å². The monoisotopic (exact) mass is 697 g/mol. The SMILES string of the molecule is Cc1ccc(N=C(N)SC(=N)OO)cc1.N=C(N)SC(=Nc1ccccc1)OO.N=C(OO)SC(N)=Nc1cccc2ccccc12. The predicted molar refractivity (Wildman–Crippen MR) is 193 cm³/mol. The van der Waals surface area contributed by atoms with Crippen molar-refractivity contribution in [2.75, 3.05) is 0 Å². The van der Waals surface area contributed by atoms with Gasteiger partial charge in [0.2, 0.25) is 0 Å². The van der Waals surface area contributed by atoms with E-state index in [1.807, 2.05) is 79.7 Å². The highest BCUT2D eigenvalue weighted by Crippen LogP contribution is 2.26. The van der Waals surface area contributed by atoms with E-state index in [1.165, 1.54) is 0 Å². The lowest BCUT2D eigenvalue weighted by Crippen LogP contribution is -2.10. The Bertz CT molecular complexity index is 1720. The van der Waals surface area contributed by atoms with Gasteiger partial charge in [0.15, 0.2) is 15.5 Å². The maximum atomic E-state index is 8.43. The van der Waals surface area contributed by atoms with Gasteiger partial charge < -0.3 is 31.9 Å². The van der Waals surface area contributed by atoms with Crippen molar-refractivity contribution < 1.29 is 30.4 Å². The Kier molecular flexibility index (Phi) is 16.9. The zero-order chi connectivity index (χ0) is 34.6. The summed E-state index contributed by atoms with van der Waals surface area (Å²) < 4.78 is 0. The van der Waals surface area contributed by atoms with Crippen molar-refractivity contribution in [3.05, 3.63) is 103 Å². The van der Waals surface area contributed by atoms with Crippen molar-refractivity contribution in [1.29, 1.82) is 16.2 Å². The first-order chi connectivity index (χ1) is 22.5. The summed E-state index contributed by atoms with van der Waals surface area (Å²) in [4.78, 5) is 23.5. The van der Waals surface area contributed by atoms with Crippen LogP contribution in [-0.4, -0.2) is 47.0 Å². The molecular weight excluding hydrogens is 667 g/mol. The number of aliphatic imine (C=N–C) groups is 3. The average molecular weight is 698 g/mol. The van der Waals surface area contributed by atoms with E-state index in [1.54, 1.807) is 24.3 Å². The van der Waals surface area contributed by atoms with Crippen LogP contribution in [0.3, 0.4) is 0 Å². The number of fused-ring (bicyclic) bond motifs is 1. The predicted octanol–water partition coefficient (Wildman–Crippen LogP) is 6.83. The lowest BCUT2D eigenvalue weighted by atomic mass is 10.1. The summed E-state index contributed by atoms with van der Waals surface area (Å²) in [7, 11) is 0. The van der Waals surface area contributed by atoms with Crippen LogP contribution >= 0.6 is 35.3 Å². The van der Waals surface area contributed by atoms with Crippen molar-refractivity contribution in [1.82, 2.24) is 0 Å². The maximum absolute atomic E-state index is 8.43. The molecule has 12 N–H and O–H groups in total. The largest absolute Gasteiger partial charge is 0.378 e. The number of thioether (sulfide) groups is 3. The number of para-hydroxylation sites is 1. The second-order valence-corrected chi connectivity index (χ2v) is 11.4. The molecular formula is C29H31N9O6S3. The minimum absolute atomic E-state index is 0.0799. The Labute approximate surface area is 281 Å². The lowest BCUT2D eigenvalue weighted by molar-refractivity contribution is -0.151. The van der Waals surface area contributed by atoms with Gasteiger partial charge in [-0.25, -0.2) is 30.7 Å². The molecule has 0 aliphatic rings. The molecule has 0 atom stereocenters. The van der Waals surface area contributed by atoms with E-state index >= 15 is 0 Å². The number of nitrogens with one attached hydrogen (secondary N) is 3. The van der Waals surface area contributed by atoms with E-state index < -0.39 is 10.5 Å². The number of nitrogens with two attached hydrogens (primary N) is 3. The summed E-state index contributed by atoms with van der Waals surface area (Å²) >= 11 is 2.21. The van der Waals surface area contributed by atoms with Crippen LogP contribution < -0.4 is 17.2 Å². The number of benzene rings is 4. The smallest absolute Gasteiger partial charge is 0.299 e. The van der Waals surface area contributed by atoms with Crippen molar-refractivity contribution in [2.45, 2.75) is 6.92 Å². The highest BCUT2D eigenvalue weighted by atomic mass is 32.2. The minimum atomic E-state index is -0.420. The first-order valence-electron chi connectivity index (χ1n) is 12.9. The van der Waals surface area contributed by atoms with Gasteiger partial charge in [0.1, 0.15) is 0 Å². The first kappa shape index (κ1) is 38.1. The van der Waals surface area contributed by atoms with Gasteiger partial charge in [-0.15, -0.1) is 0 Å². The van der Waals surface area contributed by atoms with Gasteiger partial charge in [-0.05, 0) is 42.6 Å². The molecule has 4 aromatic carbocycles. The Hall–Kier alpha value is -5.11. The van der Waals surface area contributed by atoms with Gasteiger partial charge in [-0.3, -0.25) is 16.2 Å². The van der Waals surface area contributed by atoms with Crippen LogP contribution in [0.5, 0.6) is 0 Å². The fourth-order valence-electron chi connectivity index (χ4n) is 3.21. The number of nitrogens with zero attached hydrogens (tertiary/aromatic N) is 3. The Balaban J connectivity index is 0.000000248. The van der Waals surface area contributed by atoms with Gasteiger partial charge in [-0.2, -0.15) is 0 Å². The quantitative estimate of drug-likeness (QED) is 0.0461. The van der Waals surface area contributed by atoms with Crippen LogP contribution in [0.25, 0.3) is 10.8 Å². The molecule has 0 heterocycles. The van der Waals surface area contributed by atoms with E-state index in [0.717, 1.165) is 51.6 Å². The Morgan fingerprint density at radius 2 is 1.13 bits per heavy atom. The molecule has 0 fully saturated rings. The maximum Gasteiger partial charge on any atom is 0.299 e. The summed E-state index contributed by atoms with van der Waals surface area (Å²) in [5.41, 5.74) is 19.4. The van der Waals surface area contributed by atoms with Gasteiger partial charge in [0.05, 0.1) is 17.1 Å². The Morgan fingerprint density at radius 1 is 0.596 bits per heavy atom. The zero-order valence-electron chi connectivity index (χ0n) is 24.6. The summed E-state index contributed by atoms with van der Waals surface area (Å²) in [5.74, 6) is 0. The van der Waals surface area contributed by atoms with Crippen LogP contribution in [0.2, 0.25) is 0 Å².